The van der Waals surface area contributed by atoms with Gasteiger partial charge in [-0.1, -0.05) is 18.2 Å². The molecular formula is C21H25F3N4O2. The molecule has 4 rings (SSSR count). The highest BCUT2D eigenvalue weighted by Crippen LogP contribution is 2.38. The van der Waals surface area contributed by atoms with E-state index in [0.717, 1.165) is 30.3 Å². The number of methoxy groups -OCH3 is 1. The van der Waals surface area contributed by atoms with Crippen molar-refractivity contribution in [3.63, 3.8) is 0 Å². The van der Waals surface area contributed by atoms with E-state index in [1.54, 1.807) is 24.1 Å². The number of hydrogen-bond donors (Lipinski definition) is 1. The molecule has 30 heavy (non-hydrogen) atoms. The van der Waals surface area contributed by atoms with Crippen LogP contribution in [0.5, 0.6) is 0 Å². The normalized spacial score (nSPS) is 18.5. The molecule has 0 saturated carbocycles. The Morgan fingerprint density at radius 1 is 1.23 bits per heavy atom. The van der Waals surface area contributed by atoms with Gasteiger partial charge in [0.1, 0.15) is 0 Å². The molecule has 1 saturated heterocycles. The van der Waals surface area contributed by atoms with Crippen molar-refractivity contribution in [3.8, 4) is 0 Å². The maximum atomic E-state index is 13.4. The Morgan fingerprint density at radius 2 is 1.97 bits per heavy atom. The van der Waals surface area contributed by atoms with Gasteiger partial charge in [0.2, 0.25) is 0 Å². The van der Waals surface area contributed by atoms with Crippen molar-refractivity contribution in [1.82, 2.24) is 20.0 Å². The number of piperidine rings is 1. The highest BCUT2D eigenvalue weighted by molar-refractivity contribution is 5.94. The van der Waals surface area contributed by atoms with E-state index in [4.69, 9.17) is 4.74 Å². The molecule has 0 bridgehead atoms. The first-order valence-corrected chi connectivity index (χ1v) is 10.1. The summed E-state index contributed by atoms with van der Waals surface area (Å²) >= 11 is 0. The fraction of sp³-hybridized carbons (Fsp3) is 0.524. The fourth-order valence-corrected chi connectivity index (χ4v) is 4.48. The number of hydrogen-bond acceptors (Lipinski definition) is 4. The summed E-state index contributed by atoms with van der Waals surface area (Å²) in [7, 11) is 1.64. The highest BCUT2D eigenvalue weighted by atomic mass is 19.4. The van der Waals surface area contributed by atoms with Crippen molar-refractivity contribution in [2.75, 3.05) is 33.5 Å². The zero-order valence-corrected chi connectivity index (χ0v) is 16.8. The first-order valence-electron chi connectivity index (χ1n) is 10.1. The van der Waals surface area contributed by atoms with E-state index < -0.39 is 11.7 Å². The van der Waals surface area contributed by atoms with E-state index in [-0.39, 0.29) is 11.8 Å². The molecule has 0 unspecified atom stereocenters. The second-order valence-electron chi connectivity index (χ2n) is 7.90. The number of nitrogens with one attached hydrogen (secondary N) is 1. The minimum Gasteiger partial charge on any atom is -0.369 e. The number of ether oxygens (including phenoxy) is 1. The van der Waals surface area contributed by atoms with Gasteiger partial charge in [0, 0.05) is 51.0 Å². The summed E-state index contributed by atoms with van der Waals surface area (Å²) < 4.78 is 45.3. The number of alkyl halides is 3. The number of H-pyrrole nitrogens is 1. The average molecular weight is 422 g/mol. The van der Waals surface area contributed by atoms with Gasteiger partial charge in [-0.3, -0.25) is 14.8 Å². The molecule has 2 aliphatic heterocycles. The molecule has 1 fully saturated rings. The van der Waals surface area contributed by atoms with E-state index in [1.807, 2.05) is 0 Å². The summed E-state index contributed by atoms with van der Waals surface area (Å²) in [6, 6.07) is 5.75. The number of fused-ring (bicyclic) bond motifs is 1. The molecule has 0 spiro atoms. The molecule has 2 aliphatic rings. The molecule has 2 aromatic rings. The summed E-state index contributed by atoms with van der Waals surface area (Å²) in [4.78, 5) is 16.9. The second kappa shape index (κ2) is 8.39. The Morgan fingerprint density at radius 3 is 2.67 bits per heavy atom. The molecule has 6 nitrogen and oxygen atoms in total. The summed E-state index contributed by atoms with van der Waals surface area (Å²) in [5.74, 6) is -0.369. The quantitative estimate of drug-likeness (QED) is 0.821. The fourth-order valence-electron chi connectivity index (χ4n) is 4.48. The first-order chi connectivity index (χ1) is 14.4. The predicted molar refractivity (Wildman–Crippen MR) is 104 cm³/mol. The van der Waals surface area contributed by atoms with Gasteiger partial charge in [0.05, 0.1) is 12.3 Å². The lowest BCUT2D eigenvalue weighted by Crippen LogP contribution is -2.39. The van der Waals surface area contributed by atoms with E-state index in [9.17, 15) is 18.0 Å². The first kappa shape index (κ1) is 20.9. The largest absolute Gasteiger partial charge is 0.416 e. The van der Waals surface area contributed by atoms with Crippen LogP contribution in [-0.4, -0.2) is 59.4 Å². The molecule has 1 aromatic carbocycles. The topological polar surface area (TPSA) is 61.5 Å². The van der Waals surface area contributed by atoms with Crippen LogP contribution in [0.25, 0.3) is 0 Å². The lowest BCUT2D eigenvalue weighted by atomic mass is 9.86. The molecule has 1 N–H and O–H groups in total. The number of aromatic nitrogens is 2. The number of nitrogens with zero attached hydrogens (tertiary/aromatic N) is 3. The lowest BCUT2D eigenvalue weighted by molar-refractivity contribution is -0.138. The second-order valence-corrected chi connectivity index (χ2v) is 7.90. The molecule has 0 atom stereocenters. The number of aromatic amines is 1. The van der Waals surface area contributed by atoms with Crippen LogP contribution in [-0.2, 0) is 23.9 Å². The molecule has 1 amide bonds. The van der Waals surface area contributed by atoms with Crippen molar-refractivity contribution in [3.05, 3.63) is 52.3 Å². The highest BCUT2D eigenvalue weighted by Gasteiger charge is 2.36. The van der Waals surface area contributed by atoms with Gasteiger partial charge < -0.3 is 9.64 Å². The number of amides is 1. The summed E-state index contributed by atoms with van der Waals surface area (Å²) in [5.41, 5.74) is 2.03. The monoisotopic (exact) mass is 422 g/mol. The van der Waals surface area contributed by atoms with Crippen molar-refractivity contribution in [2.24, 2.45) is 0 Å². The minimum atomic E-state index is -4.37. The van der Waals surface area contributed by atoms with E-state index in [0.29, 0.717) is 50.5 Å². The minimum absolute atomic E-state index is 0.158. The predicted octanol–water partition coefficient (Wildman–Crippen LogP) is 3.41. The van der Waals surface area contributed by atoms with Gasteiger partial charge in [-0.2, -0.15) is 18.3 Å². The Kier molecular flexibility index (Phi) is 5.84. The summed E-state index contributed by atoms with van der Waals surface area (Å²) in [5, 5.41) is 7.24. The molecule has 0 aliphatic carbocycles. The third-order valence-corrected chi connectivity index (χ3v) is 6.01. The van der Waals surface area contributed by atoms with Crippen LogP contribution in [0, 0.1) is 0 Å². The molecular weight excluding hydrogens is 397 g/mol. The van der Waals surface area contributed by atoms with Crippen LogP contribution in [0.1, 0.15) is 51.6 Å². The van der Waals surface area contributed by atoms with Gasteiger partial charge in [-0.25, -0.2) is 0 Å². The van der Waals surface area contributed by atoms with E-state index in [2.05, 4.69) is 15.1 Å². The number of carbonyl (C=O) groups is 1. The summed E-state index contributed by atoms with van der Waals surface area (Å²) in [6.07, 6.45) is -2.59. The number of halogens is 3. The van der Waals surface area contributed by atoms with Gasteiger partial charge in [0.15, 0.2) is 5.69 Å². The van der Waals surface area contributed by atoms with E-state index >= 15 is 0 Å². The standard InChI is InChI=1S/C21H25F3N4O2/c1-30-13-27-9-8-18-16(12-27)19(26-25-18)20(29)28-10-6-14(7-11-28)15-4-2-3-5-17(15)21(22,23)24/h2-5,14H,6-13H2,1H3,(H,25,26). The van der Waals surface area contributed by atoms with Crippen LogP contribution in [0.4, 0.5) is 13.2 Å². The third-order valence-electron chi connectivity index (χ3n) is 6.01. The molecule has 3 heterocycles. The van der Waals surface area contributed by atoms with Gasteiger partial charge in [-0.05, 0) is 30.4 Å². The molecule has 9 heteroatoms. The SMILES string of the molecule is COCN1CCc2[nH]nc(C(=O)N3CCC(c4ccccc4C(F)(F)F)CC3)c2C1. The van der Waals surface area contributed by atoms with E-state index in [1.165, 1.54) is 6.07 Å². The molecule has 0 radical (unpaired) electrons. The van der Waals surface area contributed by atoms with Gasteiger partial charge >= 0.3 is 6.18 Å². The van der Waals surface area contributed by atoms with Crippen LogP contribution in [0.3, 0.4) is 0 Å². The number of likely N-dealkylation sites (tertiary alicyclic amines) is 1. The molecule has 162 valence electrons. The Hall–Kier alpha value is -2.39. The summed E-state index contributed by atoms with van der Waals surface area (Å²) in [6.45, 7) is 2.75. The number of rotatable bonds is 4. The molecule has 1 aromatic heterocycles. The Bertz CT molecular complexity index is 904. The smallest absolute Gasteiger partial charge is 0.369 e. The van der Waals surface area contributed by atoms with Crippen molar-refractivity contribution in [2.45, 2.75) is 37.9 Å². The van der Waals surface area contributed by atoms with Crippen LogP contribution >= 0.6 is 0 Å². The maximum Gasteiger partial charge on any atom is 0.416 e. The number of benzene rings is 1. The Labute approximate surface area is 173 Å². The van der Waals surface area contributed by atoms with Crippen LogP contribution < -0.4 is 0 Å². The Balaban J connectivity index is 1.45. The van der Waals surface area contributed by atoms with Crippen molar-refractivity contribution < 1.29 is 22.7 Å². The zero-order valence-electron chi connectivity index (χ0n) is 16.8. The number of carbonyl (C=O) groups excluding carboxylic acids is 1. The van der Waals surface area contributed by atoms with Crippen LogP contribution in [0.2, 0.25) is 0 Å². The van der Waals surface area contributed by atoms with Crippen molar-refractivity contribution in [1.29, 1.82) is 0 Å². The van der Waals surface area contributed by atoms with Crippen LogP contribution in [0.15, 0.2) is 24.3 Å². The third kappa shape index (κ3) is 4.09. The zero-order chi connectivity index (χ0) is 21.3. The average Bonchev–Trinajstić information content (AvgIpc) is 3.16. The van der Waals surface area contributed by atoms with Crippen molar-refractivity contribution >= 4 is 5.91 Å². The lowest BCUT2D eigenvalue weighted by Gasteiger charge is -2.33. The maximum absolute atomic E-state index is 13.4. The van der Waals surface area contributed by atoms with Gasteiger partial charge in [0.25, 0.3) is 5.91 Å². The van der Waals surface area contributed by atoms with Gasteiger partial charge in [-0.15, -0.1) is 0 Å².